The zero-order valence-corrected chi connectivity index (χ0v) is 10.5. The van der Waals surface area contributed by atoms with Gasteiger partial charge in [-0.1, -0.05) is 13.8 Å². The Morgan fingerprint density at radius 2 is 2.12 bits per heavy atom. The molecule has 1 atom stereocenters. The van der Waals surface area contributed by atoms with Gasteiger partial charge in [0.2, 0.25) is 0 Å². The van der Waals surface area contributed by atoms with Gasteiger partial charge in [-0.2, -0.15) is 0 Å². The van der Waals surface area contributed by atoms with Crippen LogP contribution in [0.2, 0.25) is 0 Å². The highest BCUT2D eigenvalue weighted by Gasteiger charge is 2.21. The third-order valence-corrected chi connectivity index (χ3v) is 2.63. The number of nitrogens with one attached hydrogen (secondary N) is 1. The van der Waals surface area contributed by atoms with Gasteiger partial charge in [0.15, 0.2) is 0 Å². The SMILES string of the molecule is CCCNC(Cc1nccn1CCC)C(F)F. The summed E-state index contributed by atoms with van der Waals surface area (Å²) in [5.41, 5.74) is 0. The van der Waals surface area contributed by atoms with Crippen LogP contribution in [0.3, 0.4) is 0 Å². The number of imidazole rings is 1. The van der Waals surface area contributed by atoms with Crippen molar-refractivity contribution >= 4 is 0 Å². The van der Waals surface area contributed by atoms with Crippen molar-refractivity contribution in [2.75, 3.05) is 6.54 Å². The lowest BCUT2D eigenvalue weighted by Gasteiger charge is -2.17. The second-order valence-corrected chi connectivity index (χ2v) is 4.14. The summed E-state index contributed by atoms with van der Waals surface area (Å²) in [6, 6.07) is -0.798. The maximum atomic E-state index is 12.8. The Morgan fingerprint density at radius 1 is 1.35 bits per heavy atom. The van der Waals surface area contributed by atoms with E-state index in [9.17, 15) is 8.78 Å². The zero-order valence-electron chi connectivity index (χ0n) is 10.5. The summed E-state index contributed by atoms with van der Waals surface area (Å²) in [7, 11) is 0. The Morgan fingerprint density at radius 3 is 2.71 bits per heavy atom. The molecule has 0 fully saturated rings. The van der Waals surface area contributed by atoms with Crippen LogP contribution in [0, 0.1) is 0 Å². The molecule has 1 N–H and O–H groups in total. The van der Waals surface area contributed by atoms with E-state index in [-0.39, 0.29) is 6.42 Å². The van der Waals surface area contributed by atoms with E-state index in [1.54, 1.807) is 6.20 Å². The Balaban J connectivity index is 2.61. The molecule has 1 aromatic rings. The molecular formula is C12H21F2N3. The van der Waals surface area contributed by atoms with Crippen molar-refractivity contribution < 1.29 is 8.78 Å². The molecule has 0 aromatic carbocycles. The number of aryl methyl sites for hydroxylation is 1. The Hall–Kier alpha value is -0.970. The first-order chi connectivity index (χ1) is 8.19. The molecular weight excluding hydrogens is 224 g/mol. The molecule has 0 aliphatic heterocycles. The van der Waals surface area contributed by atoms with Crippen LogP contribution >= 0.6 is 0 Å². The molecule has 1 unspecified atom stereocenters. The summed E-state index contributed by atoms with van der Waals surface area (Å²) in [6.45, 7) is 5.47. The highest BCUT2D eigenvalue weighted by molar-refractivity contribution is 4.96. The fourth-order valence-corrected chi connectivity index (χ4v) is 1.75. The minimum atomic E-state index is -2.35. The monoisotopic (exact) mass is 245 g/mol. The molecule has 1 aromatic heterocycles. The molecule has 0 radical (unpaired) electrons. The van der Waals surface area contributed by atoms with E-state index in [0.29, 0.717) is 6.54 Å². The van der Waals surface area contributed by atoms with Crippen LogP contribution in [0.25, 0.3) is 0 Å². The van der Waals surface area contributed by atoms with Crippen molar-refractivity contribution in [3.05, 3.63) is 18.2 Å². The number of alkyl halides is 2. The summed E-state index contributed by atoms with van der Waals surface area (Å²) in [4.78, 5) is 4.15. The normalized spacial score (nSPS) is 13.2. The highest BCUT2D eigenvalue weighted by Crippen LogP contribution is 2.09. The van der Waals surface area contributed by atoms with Gasteiger partial charge in [0.25, 0.3) is 6.43 Å². The predicted octanol–water partition coefficient (Wildman–Crippen LogP) is 2.47. The summed E-state index contributed by atoms with van der Waals surface area (Å²) in [5.74, 6) is 0.737. The van der Waals surface area contributed by atoms with E-state index in [0.717, 1.165) is 25.2 Å². The predicted molar refractivity (Wildman–Crippen MR) is 64.3 cm³/mol. The first-order valence-electron chi connectivity index (χ1n) is 6.20. The molecule has 0 aliphatic carbocycles. The third-order valence-electron chi connectivity index (χ3n) is 2.63. The maximum absolute atomic E-state index is 12.8. The lowest BCUT2D eigenvalue weighted by atomic mass is 10.2. The molecule has 5 heteroatoms. The number of rotatable bonds is 8. The van der Waals surface area contributed by atoms with E-state index in [4.69, 9.17) is 0 Å². The molecule has 98 valence electrons. The van der Waals surface area contributed by atoms with E-state index < -0.39 is 12.5 Å². The Bertz CT molecular complexity index is 312. The van der Waals surface area contributed by atoms with Crippen LogP contribution in [0.4, 0.5) is 8.78 Å². The van der Waals surface area contributed by atoms with Crippen LogP contribution in [0.5, 0.6) is 0 Å². The van der Waals surface area contributed by atoms with Gasteiger partial charge in [-0.15, -0.1) is 0 Å². The Labute approximate surface area is 101 Å². The van der Waals surface area contributed by atoms with Gasteiger partial charge in [-0.25, -0.2) is 13.8 Å². The largest absolute Gasteiger partial charge is 0.335 e. The summed E-state index contributed by atoms with van der Waals surface area (Å²) in [5, 5.41) is 2.87. The van der Waals surface area contributed by atoms with Crippen molar-refractivity contribution in [3.8, 4) is 0 Å². The number of hydrogen-bond donors (Lipinski definition) is 1. The lowest BCUT2D eigenvalue weighted by molar-refractivity contribution is 0.0969. The minimum absolute atomic E-state index is 0.282. The Kier molecular flexibility index (Phi) is 6.11. The standard InChI is InChI=1S/C12H21F2N3/c1-3-5-15-10(12(13)14)9-11-16-6-8-17(11)7-4-2/h6,8,10,12,15H,3-5,7,9H2,1-2H3. The van der Waals surface area contributed by atoms with Gasteiger partial charge in [0, 0.05) is 25.4 Å². The first-order valence-corrected chi connectivity index (χ1v) is 6.20. The quantitative estimate of drug-likeness (QED) is 0.762. The fourth-order valence-electron chi connectivity index (χ4n) is 1.75. The molecule has 0 saturated heterocycles. The summed E-state index contributed by atoms with van der Waals surface area (Å²) in [6.07, 6.45) is 3.28. The van der Waals surface area contributed by atoms with Crippen molar-refractivity contribution in [1.82, 2.24) is 14.9 Å². The third kappa shape index (κ3) is 4.42. The van der Waals surface area contributed by atoms with Crippen LogP contribution in [0.15, 0.2) is 12.4 Å². The lowest BCUT2D eigenvalue weighted by Crippen LogP contribution is -2.38. The van der Waals surface area contributed by atoms with E-state index in [2.05, 4.69) is 17.2 Å². The molecule has 0 aliphatic rings. The molecule has 0 spiro atoms. The number of halogens is 2. The van der Waals surface area contributed by atoms with Crippen molar-refractivity contribution in [1.29, 1.82) is 0 Å². The average molecular weight is 245 g/mol. The van der Waals surface area contributed by atoms with Gasteiger partial charge in [0.05, 0.1) is 6.04 Å². The second kappa shape index (κ2) is 7.37. The van der Waals surface area contributed by atoms with Gasteiger partial charge < -0.3 is 9.88 Å². The fraction of sp³-hybridized carbons (Fsp3) is 0.750. The average Bonchev–Trinajstić information content (AvgIpc) is 2.72. The van der Waals surface area contributed by atoms with Crippen molar-refractivity contribution in [2.45, 2.75) is 52.1 Å². The molecule has 0 amide bonds. The number of nitrogens with zero attached hydrogens (tertiary/aromatic N) is 2. The van der Waals surface area contributed by atoms with Crippen LogP contribution in [-0.4, -0.2) is 28.6 Å². The minimum Gasteiger partial charge on any atom is -0.335 e. The number of aromatic nitrogens is 2. The van der Waals surface area contributed by atoms with Gasteiger partial charge in [0.1, 0.15) is 5.82 Å². The van der Waals surface area contributed by atoms with E-state index in [1.165, 1.54) is 0 Å². The van der Waals surface area contributed by atoms with E-state index in [1.807, 2.05) is 17.7 Å². The molecule has 1 heterocycles. The van der Waals surface area contributed by atoms with Gasteiger partial charge >= 0.3 is 0 Å². The van der Waals surface area contributed by atoms with Crippen molar-refractivity contribution in [3.63, 3.8) is 0 Å². The zero-order chi connectivity index (χ0) is 12.7. The van der Waals surface area contributed by atoms with Gasteiger partial charge in [-0.3, -0.25) is 0 Å². The molecule has 3 nitrogen and oxygen atoms in total. The van der Waals surface area contributed by atoms with Crippen molar-refractivity contribution in [2.24, 2.45) is 0 Å². The second-order valence-electron chi connectivity index (χ2n) is 4.14. The molecule has 1 rings (SSSR count). The first kappa shape index (κ1) is 14.1. The molecule has 0 bridgehead atoms. The van der Waals surface area contributed by atoms with Crippen LogP contribution in [0.1, 0.15) is 32.5 Å². The summed E-state index contributed by atoms with van der Waals surface area (Å²) < 4.78 is 27.6. The maximum Gasteiger partial charge on any atom is 0.254 e. The van der Waals surface area contributed by atoms with Crippen LogP contribution in [-0.2, 0) is 13.0 Å². The molecule has 0 saturated carbocycles. The smallest absolute Gasteiger partial charge is 0.254 e. The van der Waals surface area contributed by atoms with Gasteiger partial charge in [-0.05, 0) is 19.4 Å². The number of hydrogen-bond acceptors (Lipinski definition) is 2. The topological polar surface area (TPSA) is 29.9 Å². The summed E-state index contributed by atoms with van der Waals surface area (Å²) >= 11 is 0. The highest BCUT2D eigenvalue weighted by atomic mass is 19.3. The van der Waals surface area contributed by atoms with E-state index >= 15 is 0 Å². The molecule has 17 heavy (non-hydrogen) atoms. The van der Waals surface area contributed by atoms with Crippen LogP contribution < -0.4 is 5.32 Å².